The monoisotopic (exact) mass is 423 g/mol. The number of ether oxygens (including phenoxy) is 2. The van der Waals surface area contributed by atoms with E-state index >= 15 is 0 Å². The van der Waals surface area contributed by atoms with Crippen molar-refractivity contribution in [1.82, 2.24) is 10.1 Å². The second-order valence-electron chi connectivity index (χ2n) is 7.22. The molecule has 0 radical (unpaired) electrons. The molecule has 0 aliphatic carbocycles. The van der Waals surface area contributed by atoms with Crippen LogP contribution in [-0.4, -0.2) is 29.1 Å². The molecule has 0 saturated carbocycles. The van der Waals surface area contributed by atoms with Crippen molar-refractivity contribution in [2.24, 2.45) is 0 Å². The van der Waals surface area contributed by atoms with E-state index in [0.29, 0.717) is 17.9 Å². The summed E-state index contributed by atoms with van der Waals surface area (Å²) in [5.41, 5.74) is 1.66. The van der Waals surface area contributed by atoms with Crippen LogP contribution in [0.25, 0.3) is 0 Å². The summed E-state index contributed by atoms with van der Waals surface area (Å²) in [6.45, 7) is 3.74. The number of rotatable bonds is 9. The Kier molecular flexibility index (Phi) is 7.37. The number of nitrogens with one attached hydrogen (secondary N) is 1. The van der Waals surface area contributed by atoms with Crippen molar-refractivity contribution in [1.29, 1.82) is 0 Å². The molecule has 31 heavy (non-hydrogen) atoms. The highest BCUT2D eigenvalue weighted by Crippen LogP contribution is 2.19. The SMILES string of the molecule is COc1ccc(CCC(=O)Nc2ccccc2C(=O)OCc2nc(C(C)C)no2)cc1. The van der Waals surface area contributed by atoms with Crippen LogP contribution in [0.1, 0.15) is 53.8 Å². The quantitative estimate of drug-likeness (QED) is 0.516. The zero-order valence-electron chi connectivity index (χ0n) is 17.8. The fraction of sp³-hybridized carbons (Fsp3) is 0.304. The summed E-state index contributed by atoms with van der Waals surface area (Å²) in [5, 5.41) is 6.62. The molecule has 8 nitrogen and oxygen atoms in total. The van der Waals surface area contributed by atoms with Crippen molar-refractivity contribution in [3.05, 3.63) is 71.4 Å². The Morgan fingerprint density at radius 3 is 2.52 bits per heavy atom. The first-order valence-electron chi connectivity index (χ1n) is 9.97. The number of esters is 1. The van der Waals surface area contributed by atoms with Crippen molar-refractivity contribution < 1.29 is 23.6 Å². The lowest BCUT2D eigenvalue weighted by atomic mass is 10.1. The van der Waals surface area contributed by atoms with Gasteiger partial charge in [-0.3, -0.25) is 4.79 Å². The minimum absolute atomic E-state index is 0.113. The molecule has 0 saturated heterocycles. The Balaban J connectivity index is 1.56. The summed E-state index contributed by atoms with van der Waals surface area (Å²) in [6.07, 6.45) is 0.841. The molecule has 0 atom stereocenters. The lowest BCUT2D eigenvalue weighted by Gasteiger charge is -2.10. The number of anilines is 1. The van der Waals surface area contributed by atoms with Crippen LogP contribution in [0.3, 0.4) is 0 Å². The van der Waals surface area contributed by atoms with Gasteiger partial charge in [0, 0.05) is 12.3 Å². The number of carbonyl (C=O) groups is 2. The van der Waals surface area contributed by atoms with E-state index in [2.05, 4.69) is 15.5 Å². The average molecular weight is 423 g/mol. The second-order valence-corrected chi connectivity index (χ2v) is 7.22. The van der Waals surface area contributed by atoms with Gasteiger partial charge in [-0.15, -0.1) is 0 Å². The van der Waals surface area contributed by atoms with E-state index in [9.17, 15) is 9.59 Å². The number of aromatic nitrogens is 2. The molecule has 8 heteroatoms. The molecular formula is C23H25N3O5. The lowest BCUT2D eigenvalue weighted by Crippen LogP contribution is -2.16. The van der Waals surface area contributed by atoms with Gasteiger partial charge in [0.05, 0.1) is 18.4 Å². The third-order valence-corrected chi connectivity index (χ3v) is 4.55. The normalized spacial score (nSPS) is 10.7. The Hall–Kier alpha value is -3.68. The number of carbonyl (C=O) groups excluding carboxylic acids is 2. The van der Waals surface area contributed by atoms with E-state index in [4.69, 9.17) is 14.0 Å². The van der Waals surface area contributed by atoms with Crippen molar-refractivity contribution in [2.75, 3.05) is 12.4 Å². The zero-order valence-corrected chi connectivity index (χ0v) is 17.8. The molecule has 0 aliphatic rings. The van der Waals surface area contributed by atoms with E-state index < -0.39 is 5.97 Å². The molecule has 2 aromatic carbocycles. The van der Waals surface area contributed by atoms with Crippen molar-refractivity contribution in [3.8, 4) is 5.75 Å². The van der Waals surface area contributed by atoms with Crippen LogP contribution in [0.5, 0.6) is 5.75 Å². The Morgan fingerprint density at radius 1 is 1.10 bits per heavy atom. The molecule has 1 aromatic heterocycles. The minimum atomic E-state index is -0.588. The molecule has 0 unspecified atom stereocenters. The van der Waals surface area contributed by atoms with Gasteiger partial charge in [0.25, 0.3) is 5.89 Å². The molecule has 0 aliphatic heterocycles. The van der Waals surface area contributed by atoms with Gasteiger partial charge in [0.2, 0.25) is 5.91 Å². The molecule has 3 aromatic rings. The first-order chi connectivity index (χ1) is 15.0. The molecule has 162 valence electrons. The smallest absolute Gasteiger partial charge is 0.340 e. The molecule has 1 heterocycles. The first kappa shape index (κ1) is 22.0. The summed E-state index contributed by atoms with van der Waals surface area (Å²) < 4.78 is 15.5. The number of hydrogen-bond acceptors (Lipinski definition) is 7. The van der Waals surface area contributed by atoms with Gasteiger partial charge < -0.3 is 19.3 Å². The van der Waals surface area contributed by atoms with Crippen molar-refractivity contribution >= 4 is 17.6 Å². The highest BCUT2D eigenvalue weighted by atomic mass is 16.6. The highest BCUT2D eigenvalue weighted by molar-refractivity contribution is 6.01. The third-order valence-electron chi connectivity index (χ3n) is 4.55. The molecule has 1 N–H and O–H groups in total. The number of hydrogen-bond donors (Lipinski definition) is 1. The minimum Gasteiger partial charge on any atom is -0.497 e. The highest BCUT2D eigenvalue weighted by Gasteiger charge is 2.17. The maximum absolute atomic E-state index is 12.5. The van der Waals surface area contributed by atoms with Gasteiger partial charge in [-0.2, -0.15) is 4.98 Å². The fourth-order valence-corrected chi connectivity index (χ4v) is 2.80. The van der Waals surface area contributed by atoms with Crippen molar-refractivity contribution in [3.63, 3.8) is 0 Å². The number of aryl methyl sites for hydroxylation is 1. The van der Waals surface area contributed by atoms with Crippen LogP contribution in [0, 0.1) is 0 Å². The van der Waals surface area contributed by atoms with Gasteiger partial charge in [-0.05, 0) is 36.2 Å². The van der Waals surface area contributed by atoms with Crippen LogP contribution < -0.4 is 10.1 Å². The summed E-state index contributed by atoms with van der Waals surface area (Å²) in [6, 6.07) is 14.2. The number of amides is 1. The zero-order chi connectivity index (χ0) is 22.2. The third kappa shape index (κ3) is 6.15. The van der Waals surface area contributed by atoms with E-state index in [1.165, 1.54) is 0 Å². The lowest BCUT2D eigenvalue weighted by molar-refractivity contribution is -0.116. The Morgan fingerprint density at radius 2 is 1.84 bits per heavy atom. The van der Waals surface area contributed by atoms with Crippen LogP contribution in [-0.2, 0) is 22.6 Å². The number of methoxy groups -OCH3 is 1. The number of benzene rings is 2. The summed E-state index contributed by atoms with van der Waals surface area (Å²) in [7, 11) is 1.61. The topological polar surface area (TPSA) is 104 Å². The number of nitrogens with zero attached hydrogens (tertiary/aromatic N) is 2. The summed E-state index contributed by atoms with van der Waals surface area (Å²) >= 11 is 0. The molecule has 0 fully saturated rings. The second kappa shape index (κ2) is 10.4. The van der Waals surface area contributed by atoms with Crippen LogP contribution in [0.4, 0.5) is 5.69 Å². The molecule has 0 spiro atoms. The Labute approximate surface area is 180 Å². The van der Waals surface area contributed by atoms with Gasteiger partial charge in [-0.1, -0.05) is 43.3 Å². The predicted octanol–water partition coefficient (Wildman–Crippen LogP) is 4.13. The van der Waals surface area contributed by atoms with Gasteiger partial charge >= 0.3 is 5.97 Å². The summed E-state index contributed by atoms with van der Waals surface area (Å²) in [5.74, 6) is 0.863. The Bertz CT molecular complexity index is 1030. The van der Waals surface area contributed by atoms with Crippen molar-refractivity contribution in [2.45, 2.75) is 39.2 Å². The van der Waals surface area contributed by atoms with Gasteiger partial charge in [0.1, 0.15) is 5.75 Å². The maximum Gasteiger partial charge on any atom is 0.340 e. The maximum atomic E-state index is 12.5. The average Bonchev–Trinajstić information content (AvgIpc) is 3.26. The molecule has 0 bridgehead atoms. The standard InChI is InChI=1S/C23H25N3O5/c1-15(2)22-25-21(31-26-22)14-30-23(28)18-6-4-5-7-19(18)24-20(27)13-10-16-8-11-17(29-3)12-9-16/h4-9,11-12,15H,10,13-14H2,1-3H3,(H,24,27). The van der Waals surface area contributed by atoms with Gasteiger partial charge in [-0.25, -0.2) is 4.79 Å². The van der Waals surface area contributed by atoms with Gasteiger partial charge in [0.15, 0.2) is 12.4 Å². The molecular weight excluding hydrogens is 398 g/mol. The van der Waals surface area contributed by atoms with E-state index in [-0.39, 0.29) is 36.3 Å². The first-order valence-corrected chi connectivity index (χ1v) is 9.97. The fourth-order valence-electron chi connectivity index (χ4n) is 2.80. The molecule has 3 rings (SSSR count). The van der Waals surface area contributed by atoms with Crippen LogP contribution >= 0.6 is 0 Å². The molecule has 1 amide bonds. The predicted molar refractivity (Wildman–Crippen MR) is 114 cm³/mol. The summed E-state index contributed by atoms with van der Waals surface area (Å²) in [4.78, 5) is 29.1. The van der Waals surface area contributed by atoms with E-state index in [1.807, 2.05) is 38.1 Å². The largest absolute Gasteiger partial charge is 0.497 e. The van der Waals surface area contributed by atoms with Crippen LogP contribution in [0.15, 0.2) is 53.1 Å². The van der Waals surface area contributed by atoms with Crippen LogP contribution in [0.2, 0.25) is 0 Å². The van der Waals surface area contributed by atoms with E-state index in [1.54, 1.807) is 31.4 Å². The van der Waals surface area contributed by atoms with E-state index in [0.717, 1.165) is 11.3 Å². The number of para-hydroxylation sites is 1.